The fourth-order valence-corrected chi connectivity index (χ4v) is 1.95. The Kier molecular flexibility index (Phi) is 3.01. The third kappa shape index (κ3) is 2.44. The Hall–Kier alpha value is -0.640. The number of rotatable bonds is 2. The maximum absolute atomic E-state index is 9.35. The second-order valence-corrected chi connectivity index (χ2v) is 4.05. The van der Waals surface area contributed by atoms with Crippen LogP contribution in [-0.4, -0.2) is 34.2 Å². The molecule has 1 unspecified atom stereocenters. The predicted molar refractivity (Wildman–Crippen MR) is 55.1 cm³/mol. The van der Waals surface area contributed by atoms with E-state index in [1.165, 1.54) is 0 Å². The molecule has 0 aliphatic carbocycles. The number of likely N-dealkylation sites (tertiary alicyclic amines) is 1. The van der Waals surface area contributed by atoms with E-state index in [-0.39, 0.29) is 6.10 Å². The second kappa shape index (κ2) is 4.26. The Labute approximate surface area is 88.3 Å². The lowest BCUT2D eigenvalue weighted by atomic mass is 10.2. The van der Waals surface area contributed by atoms with Gasteiger partial charge in [0.15, 0.2) is 0 Å². The van der Waals surface area contributed by atoms with Gasteiger partial charge in [-0.15, -0.1) is 0 Å². The summed E-state index contributed by atoms with van der Waals surface area (Å²) < 4.78 is 0. The van der Waals surface area contributed by atoms with Crippen LogP contribution < -0.4 is 0 Å². The largest absolute Gasteiger partial charge is 0.392 e. The van der Waals surface area contributed by atoms with Crippen LogP contribution in [0.1, 0.15) is 12.0 Å². The normalized spacial score (nSPS) is 22.9. The summed E-state index contributed by atoms with van der Waals surface area (Å²) in [5, 5.41) is 9.88. The van der Waals surface area contributed by atoms with E-state index >= 15 is 0 Å². The molecular weight excluding hydrogens is 200 g/mol. The molecule has 1 fully saturated rings. The molecule has 1 saturated heterocycles. The number of hydrogen-bond donors (Lipinski definition) is 1. The zero-order valence-corrected chi connectivity index (χ0v) is 8.61. The minimum Gasteiger partial charge on any atom is -0.392 e. The van der Waals surface area contributed by atoms with E-state index in [9.17, 15) is 5.11 Å². The molecule has 1 aromatic rings. The predicted octanol–water partition coefficient (Wildman–Crippen LogP) is 1.30. The number of pyridine rings is 1. The molecule has 0 saturated carbocycles. The van der Waals surface area contributed by atoms with Gasteiger partial charge in [0.25, 0.3) is 0 Å². The van der Waals surface area contributed by atoms with Crippen molar-refractivity contribution in [1.82, 2.24) is 9.88 Å². The number of hydrogen-bond acceptors (Lipinski definition) is 3. The lowest BCUT2D eigenvalue weighted by Gasteiger charge is -2.14. The van der Waals surface area contributed by atoms with E-state index in [4.69, 9.17) is 11.6 Å². The first-order valence-corrected chi connectivity index (χ1v) is 5.13. The number of aromatic nitrogens is 1. The average molecular weight is 213 g/mol. The van der Waals surface area contributed by atoms with Gasteiger partial charge in [0.2, 0.25) is 0 Å². The highest BCUT2D eigenvalue weighted by atomic mass is 35.5. The first-order valence-electron chi connectivity index (χ1n) is 4.75. The first-order chi connectivity index (χ1) is 6.74. The highest BCUT2D eigenvalue weighted by Crippen LogP contribution is 2.14. The Morgan fingerprint density at radius 2 is 2.50 bits per heavy atom. The van der Waals surface area contributed by atoms with Gasteiger partial charge in [-0.05, 0) is 24.1 Å². The Balaban J connectivity index is 1.97. The molecule has 0 aromatic carbocycles. The van der Waals surface area contributed by atoms with Gasteiger partial charge in [0.05, 0.1) is 6.10 Å². The summed E-state index contributed by atoms with van der Waals surface area (Å²) in [4.78, 5) is 6.15. The second-order valence-electron chi connectivity index (χ2n) is 3.66. The van der Waals surface area contributed by atoms with Crippen LogP contribution in [0.3, 0.4) is 0 Å². The fraction of sp³-hybridized carbons (Fsp3) is 0.500. The molecule has 1 atom stereocenters. The van der Waals surface area contributed by atoms with Crippen molar-refractivity contribution in [3.8, 4) is 0 Å². The quantitative estimate of drug-likeness (QED) is 0.751. The van der Waals surface area contributed by atoms with Crippen molar-refractivity contribution in [2.24, 2.45) is 0 Å². The Morgan fingerprint density at radius 3 is 3.14 bits per heavy atom. The van der Waals surface area contributed by atoms with Gasteiger partial charge < -0.3 is 5.11 Å². The van der Waals surface area contributed by atoms with Gasteiger partial charge in [-0.1, -0.05) is 11.6 Å². The lowest BCUT2D eigenvalue weighted by molar-refractivity contribution is 0.175. The first kappa shape index (κ1) is 9.90. The van der Waals surface area contributed by atoms with Crippen molar-refractivity contribution in [2.75, 3.05) is 13.1 Å². The van der Waals surface area contributed by atoms with Gasteiger partial charge >= 0.3 is 0 Å². The molecule has 14 heavy (non-hydrogen) atoms. The smallest absolute Gasteiger partial charge is 0.129 e. The topological polar surface area (TPSA) is 36.4 Å². The minimum atomic E-state index is -0.160. The third-order valence-electron chi connectivity index (χ3n) is 2.44. The number of halogens is 1. The summed E-state index contributed by atoms with van der Waals surface area (Å²) in [6, 6.07) is 3.82. The molecule has 0 radical (unpaired) electrons. The molecule has 1 N–H and O–H groups in total. The van der Waals surface area contributed by atoms with Gasteiger partial charge in [-0.3, -0.25) is 4.90 Å². The van der Waals surface area contributed by atoms with Crippen LogP contribution in [0.4, 0.5) is 0 Å². The summed E-state index contributed by atoms with van der Waals surface area (Å²) in [6.45, 7) is 2.57. The van der Waals surface area contributed by atoms with Crippen molar-refractivity contribution < 1.29 is 5.11 Å². The van der Waals surface area contributed by atoms with E-state index in [0.29, 0.717) is 5.15 Å². The van der Waals surface area contributed by atoms with Crippen LogP contribution in [0, 0.1) is 0 Å². The SMILES string of the molecule is OC1CCN(Cc2ccnc(Cl)c2)C1. The van der Waals surface area contributed by atoms with Crippen LogP contribution in [0.5, 0.6) is 0 Å². The maximum Gasteiger partial charge on any atom is 0.129 e. The molecule has 3 nitrogen and oxygen atoms in total. The number of β-amino-alcohol motifs (C(OH)–C–C–N with tert-alkyl or cyclic N) is 1. The molecule has 0 bridgehead atoms. The minimum absolute atomic E-state index is 0.160. The van der Waals surface area contributed by atoms with Crippen molar-refractivity contribution in [3.63, 3.8) is 0 Å². The molecule has 1 aromatic heterocycles. The van der Waals surface area contributed by atoms with E-state index < -0.39 is 0 Å². The van der Waals surface area contributed by atoms with Gasteiger partial charge in [-0.2, -0.15) is 0 Å². The van der Waals surface area contributed by atoms with Crippen molar-refractivity contribution in [3.05, 3.63) is 29.0 Å². The third-order valence-corrected chi connectivity index (χ3v) is 2.65. The van der Waals surface area contributed by atoms with E-state index in [1.54, 1.807) is 6.20 Å². The summed E-state index contributed by atoms with van der Waals surface area (Å²) in [5.41, 5.74) is 1.15. The summed E-state index contributed by atoms with van der Waals surface area (Å²) in [6.07, 6.45) is 2.43. The number of nitrogens with zero attached hydrogens (tertiary/aromatic N) is 2. The van der Waals surface area contributed by atoms with Crippen LogP contribution in [0.25, 0.3) is 0 Å². The molecule has 1 aliphatic rings. The highest BCUT2D eigenvalue weighted by Gasteiger charge is 2.19. The van der Waals surface area contributed by atoms with Crippen molar-refractivity contribution in [2.45, 2.75) is 19.1 Å². The van der Waals surface area contributed by atoms with Crippen LogP contribution in [0.15, 0.2) is 18.3 Å². The summed E-state index contributed by atoms with van der Waals surface area (Å²) in [5.74, 6) is 0. The molecule has 1 aliphatic heterocycles. The van der Waals surface area contributed by atoms with Crippen LogP contribution in [0.2, 0.25) is 5.15 Å². The molecule has 2 heterocycles. The lowest BCUT2D eigenvalue weighted by Crippen LogP contribution is -2.21. The molecule has 0 spiro atoms. The molecule has 2 rings (SSSR count). The van der Waals surface area contributed by atoms with E-state index in [1.807, 2.05) is 12.1 Å². The summed E-state index contributed by atoms with van der Waals surface area (Å²) >= 11 is 5.78. The Morgan fingerprint density at radius 1 is 1.64 bits per heavy atom. The number of aliphatic hydroxyl groups excluding tert-OH is 1. The van der Waals surface area contributed by atoms with Crippen molar-refractivity contribution >= 4 is 11.6 Å². The van der Waals surface area contributed by atoms with Gasteiger partial charge in [0, 0.05) is 25.8 Å². The van der Waals surface area contributed by atoms with Crippen LogP contribution in [-0.2, 0) is 6.54 Å². The maximum atomic E-state index is 9.35. The van der Waals surface area contributed by atoms with Crippen LogP contribution >= 0.6 is 11.6 Å². The zero-order chi connectivity index (χ0) is 9.97. The number of aliphatic hydroxyl groups is 1. The van der Waals surface area contributed by atoms with E-state index in [0.717, 1.165) is 31.6 Å². The molecule has 4 heteroatoms. The van der Waals surface area contributed by atoms with Crippen molar-refractivity contribution in [1.29, 1.82) is 0 Å². The van der Waals surface area contributed by atoms with Gasteiger partial charge in [-0.25, -0.2) is 4.98 Å². The highest BCUT2D eigenvalue weighted by molar-refractivity contribution is 6.29. The average Bonchev–Trinajstić information content (AvgIpc) is 2.51. The Bertz CT molecular complexity index is 319. The fourth-order valence-electron chi connectivity index (χ4n) is 1.75. The van der Waals surface area contributed by atoms with Gasteiger partial charge in [0.1, 0.15) is 5.15 Å². The zero-order valence-electron chi connectivity index (χ0n) is 7.86. The molecular formula is C10H13ClN2O. The monoisotopic (exact) mass is 212 g/mol. The van der Waals surface area contributed by atoms with E-state index in [2.05, 4.69) is 9.88 Å². The molecule has 76 valence electrons. The summed E-state index contributed by atoms with van der Waals surface area (Å²) in [7, 11) is 0. The molecule has 0 amide bonds. The standard InChI is InChI=1S/C10H13ClN2O/c11-10-5-8(1-3-12-10)6-13-4-2-9(14)7-13/h1,3,5,9,14H,2,4,6-7H2.